The standard InChI is InChI=1S/C30H42FN5O3/c1-20-12-33(25(11-32-20)14-35-21(2)17-39-18-22(35)3)16-29(38)36-19-30(4,5)26-10-28(37)34(15-27(26)36)13-23-6-8-24(31)9-7-23/h6-10,15,20-22,25,32H,11-14,16-19H2,1-5H3. The summed E-state index contributed by atoms with van der Waals surface area (Å²) in [7, 11) is 0. The van der Waals surface area contributed by atoms with Gasteiger partial charge in [0, 0.05) is 68.0 Å². The molecule has 0 aliphatic carbocycles. The SMILES string of the molecule is CC1CN(CC(=O)N2CC(C)(C)c3cc(=O)n(Cc4ccc(F)cc4)cc32)C(CN2C(C)COCC2C)CN1. The van der Waals surface area contributed by atoms with Gasteiger partial charge in [-0.25, -0.2) is 4.39 Å². The zero-order valence-corrected chi connectivity index (χ0v) is 23.8. The molecule has 3 aliphatic heterocycles. The zero-order chi connectivity index (χ0) is 27.9. The van der Waals surface area contributed by atoms with Crippen molar-refractivity contribution in [3.05, 3.63) is 63.8 Å². The van der Waals surface area contributed by atoms with Crippen LogP contribution in [0.4, 0.5) is 10.1 Å². The maximum atomic E-state index is 13.9. The van der Waals surface area contributed by atoms with E-state index in [9.17, 15) is 14.0 Å². The monoisotopic (exact) mass is 539 g/mol. The Kier molecular flexibility index (Phi) is 7.97. The van der Waals surface area contributed by atoms with Crippen molar-refractivity contribution in [2.75, 3.05) is 50.8 Å². The van der Waals surface area contributed by atoms with Crippen molar-refractivity contribution in [2.24, 2.45) is 0 Å². The molecule has 1 N–H and O–H groups in total. The number of rotatable bonds is 6. The van der Waals surface area contributed by atoms with Crippen molar-refractivity contribution < 1.29 is 13.9 Å². The third-order valence-corrected chi connectivity index (χ3v) is 8.58. The first-order chi connectivity index (χ1) is 18.5. The highest BCUT2D eigenvalue weighted by atomic mass is 19.1. The quantitative estimate of drug-likeness (QED) is 0.608. The minimum absolute atomic E-state index is 0.0518. The van der Waals surface area contributed by atoms with E-state index in [2.05, 4.69) is 49.7 Å². The van der Waals surface area contributed by atoms with Gasteiger partial charge in [-0.2, -0.15) is 0 Å². The van der Waals surface area contributed by atoms with E-state index in [0.29, 0.717) is 37.8 Å². The summed E-state index contributed by atoms with van der Waals surface area (Å²) in [6.45, 7) is 15.9. The average Bonchev–Trinajstić information content (AvgIpc) is 3.14. The van der Waals surface area contributed by atoms with Crippen LogP contribution in [-0.4, -0.2) is 90.4 Å². The van der Waals surface area contributed by atoms with Crippen molar-refractivity contribution in [2.45, 2.75) is 70.7 Å². The van der Waals surface area contributed by atoms with Crippen molar-refractivity contribution in [1.29, 1.82) is 0 Å². The normalized spacial score (nSPS) is 27.5. The van der Waals surface area contributed by atoms with Gasteiger partial charge < -0.3 is 19.5 Å². The molecule has 8 nitrogen and oxygen atoms in total. The van der Waals surface area contributed by atoms with Gasteiger partial charge in [-0.05, 0) is 44.0 Å². The first-order valence-electron chi connectivity index (χ1n) is 14.1. The second kappa shape index (κ2) is 11.1. The van der Waals surface area contributed by atoms with Gasteiger partial charge in [-0.1, -0.05) is 26.0 Å². The number of anilines is 1. The number of benzene rings is 1. The molecule has 39 heavy (non-hydrogen) atoms. The van der Waals surface area contributed by atoms with Gasteiger partial charge in [-0.15, -0.1) is 0 Å². The fourth-order valence-corrected chi connectivity index (χ4v) is 6.32. The Morgan fingerprint density at radius 3 is 2.51 bits per heavy atom. The summed E-state index contributed by atoms with van der Waals surface area (Å²) < 4.78 is 20.7. The Morgan fingerprint density at radius 1 is 1.13 bits per heavy atom. The summed E-state index contributed by atoms with van der Waals surface area (Å²) in [5.74, 6) is -0.257. The molecule has 0 saturated carbocycles. The molecular formula is C30H42FN5O3. The van der Waals surface area contributed by atoms with Gasteiger partial charge in [0.15, 0.2) is 0 Å². The van der Waals surface area contributed by atoms with Crippen LogP contribution >= 0.6 is 0 Å². The van der Waals surface area contributed by atoms with Gasteiger partial charge in [0.25, 0.3) is 5.56 Å². The third-order valence-electron chi connectivity index (χ3n) is 8.58. The van der Waals surface area contributed by atoms with Crippen molar-refractivity contribution >= 4 is 11.6 Å². The van der Waals surface area contributed by atoms with Crippen molar-refractivity contribution in [1.82, 2.24) is 19.7 Å². The summed E-state index contributed by atoms with van der Waals surface area (Å²) in [5, 5.41) is 3.61. The summed E-state index contributed by atoms with van der Waals surface area (Å²) in [5.41, 5.74) is 2.08. The number of piperazine rings is 1. The fraction of sp³-hybridized carbons (Fsp3) is 0.600. The lowest BCUT2D eigenvalue weighted by Crippen LogP contribution is -2.63. The minimum atomic E-state index is -0.325. The number of halogens is 1. The molecule has 1 aromatic heterocycles. The molecule has 2 fully saturated rings. The molecule has 0 bridgehead atoms. The smallest absolute Gasteiger partial charge is 0.251 e. The van der Waals surface area contributed by atoms with Crippen LogP contribution in [0.15, 0.2) is 41.3 Å². The minimum Gasteiger partial charge on any atom is -0.378 e. The van der Waals surface area contributed by atoms with Crippen LogP contribution in [0.1, 0.15) is 45.7 Å². The second-order valence-electron chi connectivity index (χ2n) is 12.4. The Morgan fingerprint density at radius 2 is 1.82 bits per heavy atom. The molecule has 2 aromatic rings. The van der Waals surface area contributed by atoms with Crippen LogP contribution in [0.3, 0.4) is 0 Å². The van der Waals surface area contributed by atoms with E-state index in [1.807, 2.05) is 11.1 Å². The number of hydrogen-bond acceptors (Lipinski definition) is 6. The van der Waals surface area contributed by atoms with E-state index >= 15 is 0 Å². The number of carbonyl (C=O) groups excluding carboxylic acids is 1. The summed E-state index contributed by atoms with van der Waals surface area (Å²) >= 11 is 0. The Balaban J connectivity index is 1.36. The van der Waals surface area contributed by atoms with Crippen LogP contribution in [0.5, 0.6) is 0 Å². The number of nitrogens with zero attached hydrogens (tertiary/aromatic N) is 4. The lowest BCUT2D eigenvalue weighted by atomic mass is 9.87. The summed E-state index contributed by atoms with van der Waals surface area (Å²) in [6, 6.07) is 9.04. The predicted octanol–water partition coefficient (Wildman–Crippen LogP) is 2.43. The zero-order valence-electron chi connectivity index (χ0n) is 23.8. The molecule has 9 heteroatoms. The topological polar surface area (TPSA) is 70.1 Å². The van der Waals surface area contributed by atoms with Gasteiger partial charge in [0.05, 0.1) is 32.0 Å². The molecule has 4 heterocycles. The van der Waals surface area contributed by atoms with Crippen LogP contribution in [0.2, 0.25) is 0 Å². The number of fused-ring (bicyclic) bond motifs is 1. The van der Waals surface area contributed by atoms with Gasteiger partial charge in [0.2, 0.25) is 5.91 Å². The number of carbonyl (C=O) groups is 1. The molecule has 3 aliphatic rings. The number of amides is 1. The number of pyridine rings is 1. The highest BCUT2D eigenvalue weighted by Crippen LogP contribution is 2.39. The number of morpholine rings is 1. The molecule has 1 amide bonds. The molecule has 0 radical (unpaired) electrons. The first kappa shape index (κ1) is 28.0. The molecule has 1 aromatic carbocycles. The van der Waals surface area contributed by atoms with Crippen LogP contribution in [-0.2, 0) is 21.5 Å². The van der Waals surface area contributed by atoms with E-state index in [4.69, 9.17) is 4.74 Å². The number of ether oxygens (including phenoxy) is 1. The van der Waals surface area contributed by atoms with Crippen LogP contribution < -0.4 is 15.8 Å². The van der Waals surface area contributed by atoms with E-state index in [-0.39, 0.29) is 28.7 Å². The Hall–Kier alpha value is -2.59. The average molecular weight is 540 g/mol. The van der Waals surface area contributed by atoms with E-state index in [1.165, 1.54) is 12.1 Å². The van der Waals surface area contributed by atoms with E-state index in [0.717, 1.165) is 49.7 Å². The molecule has 2 saturated heterocycles. The third kappa shape index (κ3) is 5.96. The fourth-order valence-electron chi connectivity index (χ4n) is 6.32. The number of aromatic nitrogens is 1. The lowest BCUT2D eigenvalue weighted by Gasteiger charge is -2.46. The van der Waals surface area contributed by atoms with Crippen molar-refractivity contribution in [3.8, 4) is 0 Å². The number of hydrogen-bond donors (Lipinski definition) is 1. The molecule has 4 atom stereocenters. The summed E-state index contributed by atoms with van der Waals surface area (Å²) in [6.07, 6.45) is 1.81. The number of nitrogens with one attached hydrogen (secondary N) is 1. The van der Waals surface area contributed by atoms with Gasteiger partial charge >= 0.3 is 0 Å². The highest BCUT2D eigenvalue weighted by Gasteiger charge is 2.40. The van der Waals surface area contributed by atoms with E-state index < -0.39 is 0 Å². The predicted molar refractivity (Wildman–Crippen MR) is 151 cm³/mol. The van der Waals surface area contributed by atoms with E-state index in [1.54, 1.807) is 22.8 Å². The van der Waals surface area contributed by atoms with Gasteiger partial charge in [0.1, 0.15) is 5.82 Å². The second-order valence-corrected chi connectivity index (χ2v) is 12.4. The lowest BCUT2D eigenvalue weighted by molar-refractivity contribution is -0.121. The Bertz CT molecular complexity index is 1240. The molecule has 0 spiro atoms. The van der Waals surface area contributed by atoms with Crippen molar-refractivity contribution in [3.63, 3.8) is 0 Å². The molecular weight excluding hydrogens is 497 g/mol. The maximum Gasteiger partial charge on any atom is 0.251 e. The molecule has 5 rings (SSSR count). The Labute approximate surface area is 230 Å². The summed E-state index contributed by atoms with van der Waals surface area (Å²) in [4.78, 5) is 33.6. The maximum absolute atomic E-state index is 13.9. The molecule has 212 valence electrons. The molecule has 4 unspecified atom stereocenters. The van der Waals surface area contributed by atoms with Crippen LogP contribution in [0, 0.1) is 5.82 Å². The van der Waals surface area contributed by atoms with Crippen LogP contribution in [0.25, 0.3) is 0 Å². The highest BCUT2D eigenvalue weighted by molar-refractivity contribution is 5.97. The first-order valence-corrected chi connectivity index (χ1v) is 14.1. The largest absolute Gasteiger partial charge is 0.378 e. The van der Waals surface area contributed by atoms with Gasteiger partial charge in [-0.3, -0.25) is 19.4 Å².